The third-order valence-electron chi connectivity index (χ3n) is 4.67. The Morgan fingerprint density at radius 1 is 0.912 bits per heavy atom. The lowest BCUT2D eigenvalue weighted by atomic mass is 10.0. The van der Waals surface area contributed by atoms with Gasteiger partial charge in [-0.1, -0.05) is 30.3 Å². The lowest BCUT2D eigenvalue weighted by molar-refractivity contribution is 0.1000. The fourth-order valence-electron chi connectivity index (χ4n) is 3.15. The SMILES string of the molecule is Cc1ccc(Oc2cccc(-c3ccc(C(N)=O)cc3)c2)c(S(=O)(=O)NC(=O)NC(C)(C)C)c1. The van der Waals surface area contributed by atoms with Gasteiger partial charge in [-0.2, -0.15) is 0 Å². The summed E-state index contributed by atoms with van der Waals surface area (Å²) in [5.41, 5.74) is 7.39. The number of primary amides is 1. The van der Waals surface area contributed by atoms with Crippen LogP contribution in [0.2, 0.25) is 0 Å². The maximum Gasteiger partial charge on any atom is 0.329 e. The van der Waals surface area contributed by atoms with E-state index in [0.717, 1.165) is 11.1 Å². The summed E-state index contributed by atoms with van der Waals surface area (Å²) in [4.78, 5) is 23.3. The molecule has 0 aliphatic carbocycles. The Bertz CT molecular complexity index is 1330. The number of aryl methyl sites for hydroxylation is 1. The molecule has 0 unspecified atom stereocenters. The number of nitrogens with one attached hydrogen (secondary N) is 2. The molecule has 0 saturated carbocycles. The minimum atomic E-state index is -4.21. The van der Waals surface area contributed by atoms with Crippen LogP contribution in [0.15, 0.2) is 71.6 Å². The summed E-state index contributed by atoms with van der Waals surface area (Å²) in [7, 11) is -4.21. The highest BCUT2D eigenvalue weighted by Crippen LogP contribution is 2.32. The molecule has 0 aromatic heterocycles. The smallest absolute Gasteiger partial charge is 0.329 e. The molecule has 3 aromatic rings. The van der Waals surface area contributed by atoms with Gasteiger partial charge in [0.2, 0.25) is 5.91 Å². The fourth-order valence-corrected chi connectivity index (χ4v) is 4.27. The zero-order chi connectivity index (χ0) is 25.1. The molecule has 0 heterocycles. The number of urea groups is 1. The molecule has 34 heavy (non-hydrogen) atoms. The van der Waals surface area contributed by atoms with E-state index in [1.165, 1.54) is 6.07 Å². The minimum absolute atomic E-state index is 0.0721. The zero-order valence-electron chi connectivity index (χ0n) is 19.4. The highest BCUT2D eigenvalue weighted by Gasteiger charge is 2.25. The van der Waals surface area contributed by atoms with Crippen molar-refractivity contribution in [2.24, 2.45) is 5.73 Å². The monoisotopic (exact) mass is 481 g/mol. The van der Waals surface area contributed by atoms with Gasteiger partial charge < -0.3 is 15.8 Å². The average Bonchev–Trinajstić information content (AvgIpc) is 2.73. The van der Waals surface area contributed by atoms with E-state index in [0.29, 0.717) is 16.9 Å². The van der Waals surface area contributed by atoms with Gasteiger partial charge in [0.15, 0.2) is 0 Å². The second-order valence-corrected chi connectivity index (χ2v) is 10.5. The minimum Gasteiger partial charge on any atom is -0.456 e. The number of carbonyl (C=O) groups excluding carboxylic acids is 2. The van der Waals surface area contributed by atoms with Crippen LogP contribution in [0, 0.1) is 6.92 Å². The van der Waals surface area contributed by atoms with Gasteiger partial charge in [0.1, 0.15) is 16.4 Å². The molecular formula is C25H27N3O5S. The highest BCUT2D eigenvalue weighted by atomic mass is 32.2. The Labute approximate surface area is 199 Å². The van der Waals surface area contributed by atoms with Gasteiger partial charge in [-0.15, -0.1) is 0 Å². The van der Waals surface area contributed by atoms with Crippen molar-refractivity contribution in [3.63, 3.8) is 0 Å². The zero-order valence-corrected chi connectivity index (χ0v) is 20.2. The van der Waals surface area contributed by atoms with E-state index in [1.54, 1.807) is 82.3 Å². The first-order valence-corrected chi connectivity index (χ1v) is 12.0. The van der Waals surface area contributed by atoms with Crippen molar-refractivity contribution in [2.75, 3.05) is 0 Å². The molecule has 8 nitrogen and oxygen atoms in total. The lowest BCUT2D eigenvalue weighted by Crippen LogP contribution is -2.48. The number of rotatable bonds is 6. The van der Waals surface area contributed by atoms with E-state index < -0.39 is 27.5 Å². The Hall–Kier alpha value is -3.85. The molecule has 0 aliphatic heterocycles. The van der Waals surface area contributed by atoms with Crippen LogP contribution >= 0.6 is 0 Å². The van der Waals surface area contributed by atoms with Gasteiger partial charge in [-0.05, 0) is 80.8 Å². The van der Waals surface area contributed by atoms with Crippen LogP contribution in [0.3, 0.4) is 0 Å². The first-order chi connectivity index (χ1) is 15.8. The van der Waals surface area contributed by atoms with Crippen LogP contribution in [-0.4, -0.2) is 25.9 Å². The summed E-state index contributed by atoms with van der Waals surface area (Å²) < 4.78 is 33.9. The molecule has 3 amide bonds. The van der Waals surface area contributed by atoms with Gasteiger partial charge in [0.05, 0.1) is 0 Å². The number of hydrogen-bond donors (Lipinski definition) is 3. The van der Waals surface area contributed by atoms with E-state index in [4.69, 9.17) is 10.5 Å². The second kappa shape index (κ2) is 9.56. The molecular weight excluding hydrogens is 454 g/mol. The predicted molar refractivity (Wildman–Crippen MR) is 130 cm³/mol. The summed E-state index contributed by atoms with van der Waals surface area (Å²) in [6.07, 6.45) is 0. The van der Waals surface area contributed by atoms with Crippen molar-refractivity contribution in [2.45, 2.75) is 38.1 Å². The number of hydrogen-bond acceptors (Lipinski definition) is 5. The highest BCUT2D eigenvalue weighted by molar-refractivity contribution is 7.90. The summed E-state index contributed by atoms with van der Waals surface area (Å²) in [5.74, 6) is -0.0413. The maximum atomic E-state index is 13.0. The van der Waals surface area contributed by atoms with Crippen LogP contribution < -0.4 is 20.5 Å². The van der Waals surface area contributed by atoms with Crippen LogP contribution in [0.25, 0.3) is 11.1 Å². The molecule has 3 aromatic carbocycles. The Morgan fingerprint density at radius 2 is 1.59 bits per heavy atom. The molecule has 0 aliphatic rings. The van der Waals surface area contributed by atoms with E-state index in [9.17, 15) is 18.0 Å². The normalized spacial score (nSPS) is 11.5. The quantitative estimate of drug-likeness (QED) is 0.483. The van der Waals surface area contributed by atoms with Crippen molar-refractivity contribution < 1.29 is 22.7 Å². The molecule has 0 saturated heterocycles. The topological polar surface area (TPSA) is 128 Å². The predicted octanol–water partition coefficient (Wildman–Crippen LogP) is 4.34. The van der Waals surface area contributed by atoms with Gasteiger partial charge >= 0.3 is 6.03 Å². The average molecular weight is 482 g/mol. The van der Waals surface area contributed by atoms with E-state index in [2.05, 4.69) is 5.32 Å². The van der Waals surface area contributed by atoms with Gasteiger partial charge in [-0.25, -0.2) is 17.9 Å². The van der Waals surface area contributed by atoms with E-state index >= 15 is 0 Å². The Balaban J connectivity index is 1.90. The van der Waals surface area contributed by atoms with Gasteiger partial charge in [0.25, 0.3) is 10.0 Å². The molecule has 0 atom stereocenters. The van der Waals surface area contributed by atoms with Crippen molar-refractivity contribution in [1.29, 1.82) is 0 Å². The largest absolute Gasteiger partial charge is 0.456 e. The third kappa shape index (κ3) is 6.35. The summed E-state index contributed by atoms with van der Waals surface area (Å²) in [6.45, 7) is 6.98. The molecule has 4 N–H and O–H groups in total. The number of amides is 3. The van der Waals surface area contributed by atoms with Crippen molar-refractivity contribution in [3.05, 3.63) is 77.9 Å². The standard InChI is InChI=1S/C25H27N3O5S/c1-16-8-13-21(22(14-16)34(31,32)28-24(30)27-25(2,3)4)33-20-7-5-6-19(15-20)17-9-11-18(12-10-17)23(26)29/h5-15H,1-4H3,(H2,26,29)(H2,27,28,30). The summed E-state index contributed by atoms with van der Waals surface area (Å²) in [5, 5.41) is 2.57. The number of nitrogens with two attached hydrogens (primary N) is 1. The first kappa shape index (κ1) is 24.8. The van der Waals surface area contributed by atoms with E-state index in [-0.39, 0.29) is 10.6 Å². The first-order valence-electron chi connectivity index (χ1n) is 10.5. The van der Waals surface area contributed by atoms with Crippen LogP contribution in [0.1, 0.15) is 36.7 Å². The fraction of sp³-hybridized carbons (Fsp3) is 0.200. The summed E-state index contributed by atoms with van der Waals surface area (Å²) >= 11 is 0. The second-order valence-electron chi connectivity index (χ2n) is 8.83. The van der Waals surface area contributed by atoms with Crippen molar-refractivity contribution in [1.82, 2.24) is 10.0 Å². The van der Waals surface area contributed by atoms with Crippen LogP contribution in [0.5, 0.6) is 11.5 Å². The molecule has 0 fully saturated rings. The number of sulfonamides is 1. The van der Waals surface area contributed by atoms with Gasteiger partial charge in [0, 0.05) is 11.1 Å². The molecule has 0 spiro atoms. The molecule has 0 bridgehead atoms. The van der Waals surface area contributed by atoms with Crippen LogP contribution in [-0.2, 0) is 10.0 Å². The molecule has 0 radical (unpaired) electrons. The number of benzene rings is 3. The maximum absolute atomic E-state index is 13.0. The third-order valence-corrected chi connectivity index (χ3v) is 6.02. The van der Waals surface area contributed by atoms with E-state index in [1.807, 2.05) is 10.8 Å². The number of ether oxygens (including phenoxy) is 1. The molecule has 178 valence electrons. The van der Waals surface area contributed by atoms with Crippen molar-refractivity contribution >= 4 is 22.0 Å². The van der Waals surface area contributed by atoms with Crippen molar-refractivity contribution in [3.8, 4) is 22.6 Å². The Morgan fingerprint density at radius 3 is 2.21 bits per heavy atom. The Kier molecular flexibility index (Phi) is 6.97. The van der Waals surface area contributed by atoms with Crippen LogP contribution in [0.4, 0.5) is 4.79 Å². The summed E-state index contributed by atoms with van der Waals surface area (Å²) in [6, 6.07) is 17.7. The molecule has 9 heteroatoms. The molecule has 3 rings (SSSR count). The lowest BCUT2D eigenvalue weighted by Gasteiger charge is -2.21. The number of carbonyl (C=O) groups is 2. The van der Waals surface area contributed by atoms with Gasteiger partial charge in [-0.3, -0.25) is 4.79 Å².